The minimum Gasteiger partial charge on any atom is -0.397 e. The van der Waals surface area contributed by atoms with Crippen LogP contribution < -0.4 is 5.73 Å². The molecule has 0 fully saturated rings. The molecule has 3 heteroatoms. The molecular weight excluding hydrogens is 186 g/mol. The van der Waals surface area contributed by atoms with Crippen LogP contribution in [0.15, 0.2) is 18.3 Å². The van der Waals surface area contributed by atoms with Gasteiger partial charge in [-0.15, -0.1) is 0 Å². The van der Waals surface area contributed by atoms with Gasteiger partial charge in [0.15, 0.2) is 0 Å². The molecule has 0 unspecified atom stereocenters. The summed E-state index contributed by atoms with van der Waals surface area (Å²) in [6, 6.07) is 3.89. The smallest absolute Gasteiger partial charge is 0.113 e. The fraction of sp³-hybridized carbons (Fsp3) is 0.417. The molecule has 0 radical (unpaired) electrons. The topological polar surface area (TPSA) is 43.3 Å². The maximum absolute atomic E-state index is 5.94. The number of aryl methyl sites for hydroxylation is 1. The normalized spacial score (nSPS) is 11.5. The summed E-state index contributed by atoms with van der Waals surface area (Å²) in [5.74, 6) is 1.71. The molecule has 2 N–H and O–H groups in total. The lowest BCUT2D eigenvalue weighted by molar-refractivity contribution is 0.618. The number of nitrogens with zero attached hydrogens (tertiary/aromatic N) is 2. The number of pyridine rings is 1. The van der Waals surface area contributed by atoms with E-state index in [2.05, 4.69) is 23.2 Å². The molecule has 0 saturated heterocycles. The summed E-state index contributed by atoms with van der Waals surface area (Å²) < 4.78 is 2.10. The van der Waals surface area contributed by atoms with Crippen molar-refractivity contribution in [2.45, 2.75) is 27.2 Å². The van der Waals surface area contributed by atoms with E-state index in [-0.39, 0.29) is 0 Å². The van der Waals surface area contributed by atoms with Gasteiger partial charge in [0.05, 0.1) is 16.9 Å². The molecule has 0 aliphatic heterocycles. The Balaban J connectivity index is 2.63. The maximum Gasteiger partial charge on any atom is 0.113 e. The minimum absolute atomic E-state index is 0.608. The van der Waals surface area contributed by atoms with E-state index < -0.39 is 0 Å². The highest BCUT2D eigenvalue weighted by molar-refractivity contribution is 5.72. The maximum atomic E-state index is 5.94. The summed E-state index contributed by atoms with van der Waals surface area (Å²) in [4.78, 5) is 4.57. The number of fused-ring (bicyclic) bond motifs is 1. The van der Waals surface area contributed by atoms with Crippen LogP contribution in [-0.4, -0.2) is 9.38 Å². The molecule has 0 aliphatic rings. The van der Waals surface area contributed by atoms with Gasteiger partial charge in [-0.1, -0.05) is 13.8 Å². The van der Waals surface area contributed by atoms with Crippen LogP contribution in [0.3, 0.4) is 0 Å². The number of hydrogen-bond acceptors (Lipinski definition) is 2. The average Bonchev–Trinajstić information content (AvgIpc) is 2.44. The Kier molecular flexibility index (Phi) is 2.39. The van der Waals surface area contributed by atoms with Crippen molar-refractivity contribution < 1.29 is 0 Å². The van der Waals surface area contributed by atoms with Gasteiger partial charge in [0.25, 0.3) is 0 Å². The fourth-order valence-corrected chi connectivity index (χ4v) is 1.93. The van der Waals surface area contributed by atoms with E-state index in [1.165, 1.54) is 0 Å². The van der Waals surface area contributed by atoms with Gasteiger partial charge in [0.1, 0.15) is 5.82 Å². The van der Waals surface area contributed by atoms with Crippen LogP contribution in [0.4, 0.5) is 5.69 Å². The first-order chi connectivity index (χ1) is 7.09. The van der Waals surface area contributed by atoms with Gasteiger partial charge >= 0.3 is 0 Å². The first-order valence-electron chi connectivity index (χ1n) is 5.31. The lowest BCUT2D eigenvalue weighted by Crippen LogP contribution is -2.00. The third-order valence-electron chi connectivity index (χ3n) is 2.53. The molecule has 0 atom stereocenters. The highest BCUT2D eigenvalue weighted by Gasteiger charge is 2.10. The number of hydrogen-bond donors (Lipinski definition) is 1. The van der Waals surface area contributed by atoms with Crippen molar-refractivity contribution >= 4 is 11.2 Å². The van der Waals surface area contributed by atoms with Crippen LogP contribution in [0, 0.1) is 12.8 Å². The van der Waals surface area contributed by atoms with E-state index in [0.717, 1.165) is 29.1 Å². The predicted octanol–water partition coefficient (Wildman–Crippen LogP) is 2.42. The lowest BCUT2D eigenvalue weighted by atomic mass is 10.1. The number of nitrogen functional groups attached to an aromatic ring is 1. The summed E-state index contributed by atoms with van der Waals surface area (Å²) in [5, 5.41) is 0. The Bertz CT molecular complexity index is 483. The summed E-state index contributed by atoms with van der Waals surface area (Å²) in [5.41, 5.74) is 8.81. The van der Waals surface area contributed by atoms with E-state index in [1.807, 2.05) is 25.3 Å². The third-order valence-corrected chi connectivity index (χ3v) is 2.53. The highest BCUT2D eigenvalue weighted by Crippen LogP contribution is 2.20. The Morgan fingerprint density at radius 2 is 2.20 bits per heavy atom. The summed E-state index contributed by atoms with van der Waals surface area (Å²) in [7, 11) is 0. The number of nitrogens with two attached hydrogens (primary N) is 1. The van der Waals surface area contributed by atoms with Gasteiger partial charge in [-0.3, -0.25) is 0 Å². The van der Waals surface area contributed by atoms with Crippen LogP contribution in [0.2, 0.25) is 0 Å². The third kappa shape index (κ3) is 1.69. The number of anilines is 1. The molecule has 2 aromatic heterocycles. The van der Waals surface area contributed by atoms with Crippen molar-refractivity contribution in [3.63, 3.8) is 0 Å². The average molecular weight is 203 g/mol. The van der Waals surface area contributed by atoms with E-state index >= 15 is 0 Å². The van der Waals surface area contributed by atoms with Gasteiger partial charge in [-0.25, -0.2) is 4.98 Å². The van der Waals surface area contributed by atoms with E-state index in [0.29, 0.717) is 5.92 Å². The fourth-order valence-electron chi connectivity index (χ4n) is 1.93. The highest BCUT2D eigenvalue weighted by atomic mass is 15.0. The first kappa shape index (κ1) is 10.0. The van der Waals surface area contributed by atoms with E-state index in [9.17, 15) is 0 Å². The zero-order valence-electron chi connectivity index (χ0n) is 9.49. The Labute approximate surface area is 89.9 Å². The Morgan fingerprint density at radius 3 is 2.87 bits per heavy atom. The zero-order chi connectivity index (χ0) is 11.0. The second kappa shape index (κ2) is 3.57. The molecule has 3 nitrogen and oxygen atoms in total. The van der Waals surface area contributed by atoms with Crippen molar-refractivity contribution in [1.29, 1.82) is 0 Å². The predicted molar refractivity (Wildman–Crippen MR) is 62.9 cm³/mol. The van der Waals surface area contributed by atoms with Crippen molar-refractivity contribution in [2.75, 3.05) is 5.73 Å². The molecule has 2 aromatic rings. The van der Waals surface area contributed by atoms with Crippen molar-refractivity contribution in [1.82, 2.24) is 9.38 Å². The van der Waals surface area contributed by atoms with Gasteiger partial charge in [0.2, 0.25) is 0 Å². The quantitative estimate of drug-likeness (QED) is 0.814. The number of aromatic nitrogens is 2. The van der Waals surface area contributed by atoms with Crippen molar-refractivity contribution in [2.24, 2.45) is 5.92 Å². The van der Waals surface area contributed by atoms with Crippen molar-refractivity contribution in [3.8, 4) is 0 Å². The number of imidazole rings is 1. The van der Waals surface area contributed by atoms with Crippen LogP contribution in [-0.2, 0) is 6.42 Å². The minimum atomic E-state index is 0.608. The molecule has 0 bridgehead atoms. The standard InChI is InChI=1S/C12H17N3/c1-8(2)7-11-14-9(3)12-10(13)5-4-6-15(11)12/h4-6,8H,7,13H2,1-3H3. The van der Waals surface area contributed by atoms with Gasteiger partial charge in [-0.05, 0) is 25.0 Å². The molecule has 0 aliphatic carbocycles. The molecule has 2 rings (SSSR count). The SMILES string of the molecule is Cc1nc(CC(C)C)n2cccc(N)c12. The number of rotatable bonds is 2. The van der Waals surface area contributed by atoms with Gasteiger partial charge in [0, 0.05) is 12.6 Å². The largest absolute Gasteiger partial charge is 0.397 e. The molecule has 0 aromatic carbocycles. The monoisotopic (exact) mass is 203 g/mol. The molecular formula is C12H17N3. The van der Waals surface area contributed by atoms with Gasteiger partial charge < -0.3 is 10.1 Å². The van der Waals surface area contributed by atoms with E-state index in [4.69, 9.17) is 5.73 Å². The molecule has 0 spiro atoms. The van der Waals surface area contributed by atoms with Crippen LogP contribution in [0.25, 0.3) is 5.52 Å². The Morgan fingerprint density at radius 1 is 1.47 bits per heavy atom. The molecule has 2 heterocycles. The molecule has 15 heavy (non-hydrogen) atoms. The first-order valence-corrected chi connectivity index (χ1v) is 5.31. The molecule has 0 amide bonds. The van der Waals surface area contributed by atoms with Gasteiger partial charge in [-0.2, -0.15) is 0 Å². The zero-order valence-corrected chi connectivity index (χ0v) is 9.49. The van der Waals surface area contributed by atoms with Crippen molar-refractivity contribution in [3.05, 3.63) is 29.8 Å². The summed E-state index contributed by atoms with van der Waals surface area (Å²) in [6.07, 6.45) is 3.02. The lowest BCUT2D eigenvalue weighted by Gasteiger charge is -2.04. The van der Waals surface area contributed by atoms with Crippen LogP contribution in [0.5, 0.6) is 0 Å². The molecule has 0 saturated carbocycles. The van der Waals surface area contributed by atoms with E-state index in [1.54, 1.807) is 0 Å². The second-order valence-electron chi connectivity index (χ2n) is 4.39. The summed E-state index contributed by atoms with van der Waals surface area (Å²) >= 11 is 0. The molecule has 80 valence electrons. The second-order valence-corrected chi connectivity index (χ2v) is 4.39. The van der Waals surface area contributed by atoms with Crippen LogP contribution >= 0.6 is 0 Å². The van der Waals surface area contributed by atoms with Crippen LogP contribution in [0.1, 0.15) is 25.4 Å². The summed E-state index contributed by atoms with van der Waals surface area (Å²) in [6.45, 7) is 6.40. The Hall–Kier alpha value is -1.51.